The molecule has 12 nitrogen and oxygen atoms in total. The normalized spacial score (nSPS) is 20.5. The summed E-state index contributed by atoms with van der Waals surface area (Å²) in [6.45, 7) is 9.91. The SMILES string of the molecule is CN1C(=O)N(c2cc(Cl)cc(Cl)c2)C(=O)C12CN(CC(=O)NC(CC(=O)OC(C)(C)C)C(=O)OC(C)(C)C)CC2c1ccc(C#N)cc1. The topological polar surface area (TPSA) is 149 Å². The number of rotatable bonds is 8. The fourth-order valence-corrected chi connectivity index (χ4v) is 6.49. The van der Waals surface area contributed by atoms with Crippen molar-refractivity contribution in [3.63, 3.8) is 0 Å². The Hall–Kier alpha value is -4.18. The number of nitrogens with zero attached hydrogens (tertiary/aromatic N) is 4. The minimum absolute atomic E-state index is 0.0415. The first-order chi connectivity index (χ1) is 22.2. The first kappa shape index (κ1) is 36.7. The third kappa shape index (κ3) is 8.09. The number of amides is 4. The van der Waals surface area contributed by atoms with E-state index in [0.717, 1.165) is 4.90 Å². The van der Waals surface area contributed by atoms with Gasteiger partial charge >= 0.3 is 18.0 Å². The van der Waals surface area contributed by atoms with E-state index < -0.39 is 64.9 Å². The highest BCUT2D eigenvalue weighted by Gasteiger charge is 2.64. The number of likely N-dealkylation sites (N-methyl/N-ethyl adjacent to an activating group) is 1. The van der Waals surface area contributed by atoms with E-state index in [1.807, 2.05) is 0 Å². The Morgan fingerprint density at radius 2 is 1.58 bits per heavy atom. The lowest BCUT2D eigenvalue weighted by Crippen LogP contribution is -2.54. The summed E-state index contributed by atoms with van der Waals surface area (Å²) in [7, 11) is 1.52. The first-order valence-corrected chi connectivity index (χ1v) is 16.0. The predicted octanol–water partition coefficient (Wildman–Crippen LogP) is 4.66. The van der Waals surface area contributed by atoms with Crippen molar-refractivity contribution in [2.24, 2.45) is 0 Å². The van der Waals surface area contributed by atoms with Crippen molar-refractivity contribution < 1.29 is 33.4 Å². The van der Waals surface area contributed by atoms with Gasteiger partial charge in [-0.15, -0.1) is 0 Å². The molecule has 2 aliphatic heterocycles. The molecule has 4 amide bonds. The molecule has 0 saturated carbocycles. The van der Waals surface area contributed by atoms with Gasteiger partial charge in [-0.3, -0.25) is 19.3 Å². The van der Waals surface area contributed by atoms with E-state index in [1.165, 1.54) is 30.1 Å². The van der Waals surface area contributed by atoms with Gasteiger partial charge in [0.25, 0.3) is 5.91 Å². The molecule has 2 fully saturated rings. The van der Waals surface area contributed by atoms with Gasteiger partial charge in [0.15, 0.2) is 0 Å². The van der Waals surface area contributed by atoms with Crippen LogP contribution in [-0.2, 0) is 28.7 Å². The van der Waals surface area contributed by atoms with Crippen LogP contribution in [0.3, 0.4) is 0 Å². The Morgan fingerprint density at radius 3 is 2.12 bits per heavy atom. The van der Waals surface area contributed by atoms with E-state index in [0.29, 0.717) is 11.1 Å². The fourth-order valence-electron chi connectivity index (χ4n) is 5.97. The van der Waals surface area contributed by atoms with Crippen molar-refractivity contribution in [2.45, 2.75) is 76.7 Å². The van der Waals surface area contributed by atoms with Gasteiger partial charge in [0.05, 0.1) is 30.3 Å². The highest BCUT2D eigenvalue weighted by Crippen LogP contribution is 2.46. The molecule has 1 N–H and O–H groups in total. The van der Waals surface area contributed by atoms with Gasteiger partial charge in [0.1, 0.15) is 22.8 Å². The van der Waals surface area contributed by atoms with Crippen molar-refractivity contribution in [3.05, 3.63) is 63.6 Å². The van der Waals surface area contributed by atoms with Gasteiger partial charge in [-0.1, -0.05) is 35.3 Å². The molecule has 256 valence electrons. The third-order valence-corrected chi connectivity index (χ3v) is 8.30. The third-order valence-electron chi connectivity index (χ3n) is 7.86. The van der Waals surface area contributed by atoms with E-state index in [1.54, 1.807) is 70.7 Å². The number of carbonyl (C=O) groups excluding carboxylic acids is 5. The number of nitriles is 1. The van der Waals surface area contributed by atoms with E-state index in [9.17, 15) is 29.2 Å². The molecule has 0 aliphatic carbocycles. The summed E-state index contributed by atoms with van der Waals surface area (Å²) in [6, 6.07) is 11.2. The van der Waals surface area contributed by atoms with Crippen molar-refractivity contribution in [1.82, 2.24) is 15.1 Å². The van der Waals surface area contributed by atoms with Crippen LogP contribution in [0.2, 0.25) is 10.0 Å². The second-order valence-corrected chi connectivity index (χ2v) is 14.8. The van der Waals surface area contributed by atoms with Crippen LogP contribution in [0.1, 0.15) is 65.0 Å². The van der Waals surface area contributed by atoms with Gasteiger partial charge in [-0.05, 0) is 77.4 Å². The number of esters is 2. The average Bonchev–Trinajstić information content (AvgIpc) is 3.41. The zero-order chi connectivity index (χ0) is 35.8. The van der Waals surface area contributed by atoms with Crippen molar-refractivity contribution in [3.8, 4) is 6.07 Å². The first-order valence-electron chi connectivity index (χ1n) is 15.3. The van der Waals surface area contributed by atoms with E-state index in [4.69, 9.17) is 32.7 Å². The lowest BCUT2D eigenvalue weighted by Gasteiger charge is -2.34. The lowest BCUT2D eigenvalue weighted by molar-refractivity contribution is -0.165. The van der Waals surface area contributed by atoms with E-state index in [2.05, 4.69) is 11.4 Å². The molecule has 2 aromatic rings. The van der Waals surface area contributed by atoms with Gasteiger partial charge in [0.2, 0.25) is 5.91 Å². The standard InChI is InChI=1S/C34H39Cl2N5O7/c1-32(2,3)47-28(43)15-26(29(44)48-33(4,5)6)38-27(42)18-40-17-25(21-10-8-20(16-37)9-11-21)34(19-40)30(45)41(31(46)39(34)7)24-13-22(35)12-23(36)14-24/h8-14,25-26H,15,17-19H2,1-7H3,(H,38,42). The number of imide groups is 1. The number of hydrogen-bond donors (Lipinski definition) is 1. The maximum atomic E-state index is 14.4. The maximum Gasteiger partial charge on any atom is 0.332 e. The zero-order valence-corrected chi connectivity index (χ0v) is 29.4. The Morgan fingerprint density at radius 1 is 1.00 bits per heavy atom. The predicted molar refractivity (Wildman–Crippen MR) is 178 cm³/mol. The second kappa shape index (κ2) is 13.7. The summed E-state index contributed by atoms with van der Waals surface area (Å²) in [5.41, 5.74) is -1.87. The van der Waals surface area contributed by atoms with E-state index >= 15 is 0 Å². The Bertz CT molecular complexity index is 1640. The minimum atomic E-state index is -1.46. The van der Waals surface area contributed by atoms with Crippen LogP contribution < -0.4 is 10.2 Å². The monoisotopic (exact) mass is 699 g/mol. The molecule has 2 aliphatic rings. The second-order valence-electron chi connectivity index (χ2n) is 13.9. The maximum absolute atomic E-state index is 14.4. The molecule has 3 unspecified atom stereocenters. The summed E-state index contributed by atoms with van der Waals surface area (Å²) in [5, 5.41) is 12.4. The molecule has 1 spiro atoms. The number of urea groups is 1. The molecule has 4 rings (SSSR count). The highest BCUT2D eigenvalue weighted by atomic mass is 35.5. The quantitative estimate of drug-likeness (QED) is 0.307. The van der Waals surface area contributed by atoms with Crippen molar-refractivity contribution in [2.75, 3.05) is 31.6 Å². The number of likely N-dealkylation sites (tertiary alicyclic amines) is 1. The van der Waals surface area contributed by atoms with Crippen LogP contribution >= 0.6 is 23.2 Å². The number of carbonyl (C=O) groups is 5. The smallest absolute Gasteiger partial charge is 0.332 e. The summed E-state index contributed by atoms with van der Waals surface area (Å²) in [6.07, 6.45) is -0.456. The van der Waals surface area contributed by atoms with Crippen LogP contribution in [-0.4, -0.2) is 89.0 Å². The Labute approximate surface area is 289 Å². The number of halogens is 2. The van der Waals surface area contributed by atoms with Crippen LogP contribution in [0.15, 0.2) is 42.5 Å². The largest absolute Gasteiger partial charge is 0.460 e. The Kier molecular flexibility index (Phi) is 10.5. The number of nitrogens with one attached hydrogen (secondary N) is 1. The van der Waals surface area contributed by atoms with Gasteiger partial charge < -0.3 is 19.7 Å². The molecular weight excluding hydrogens is 661 g/mol. The lowest BCUT2D eigenvalue weighted by atomic mass is 9.80. The van der Waals surface area contributed by atoms with Crippen LogP contribution in [0.5, 0.6) is 0 Å². The highest BCUT2D eigenvalue weighted by molar-refractivity contribution is 6.35. The summed E-state index contributed by atoms with van der Waals surface area (Å²) >= 11 is 12.4. The molecule has 48 heavy (non-hydrogen) atoms. The number of anilines is 1. The van der Waals surface area contributed by atoms with Crippen LogP contribution in [0, 0.1) is 11.3 Å². The molecule has 2 aromatic carbocycles. The molecule has 3 atom stereocenters. The summed E-state index contributed by atoms with van der Waals surface area (Å²) < 4.78 is 10.8. The molecule has 0 radical (unpaired) electrons. The van der Waals surface area contributed by atoms with Crippen molar-refractivity contribution in [1.29, 1.82) is 5.26 Å². The Balaban J connectivity index is 1.65. The molecule has 0 aromatic heterocycles. The molecule has 2 heterocycles. The summed E-state index contributed by atoms with van der Waals surface area (Å²) in [4.78, 5) is 71.5. The van der Waals surface area contributed by atoms with Gasteiger partial charge in [-0.2, -0.15) is 5.26 Å². The zero-order valence-electron chi connectivity index (χ0n) is 27.9. The van der Waals surface area contributed by atoms with Gasteiger partial charge in [0, 0.05) is 36.1 Å². The molecule has 0 bridgehead atoms. The number of ether oxygens (including phenoxy) is 2. The molecule has 14 heteroatoms. The van der Waals surface area contributed by atoms with Crippen LogP contribution in [0.25, 0.3) is 0 Å². The fraction of sp³-hybridized carbons (Fsp3) is 0.471. The van der Waals surface area contributed by atoms with E-state index in [-0.39, 0.29) is 35.4 Å². The number of hydrogen-bond acceptors (Lipinski definition) is 9. The van der Waals surface area contributed by atoms with Crippen LogP contribution in [0.4, 0.5) is 10.5 Å². The van der Waals surface area contributed by atoms with Gasteiger partial charge in [-0.25, -0.2) is 14.5 Å². The molecule has 2 saturated heterocycles. The van der Waals surface area contributed by atoms with Crippen molar-refractivity contribution >= 4 is 58.7 Å². The average molecular weight is 701 g/mol. The minimum Gasteiger partial charge on any atom is -0.460 e. The number of benzene rings is 2. The summed E-state index contributed by atoms with van der Waals surface area (Å²) in [5.74, 6) is -3.27. The molecular formula is C34H39Cl2N5O7.